The van der Waals surface area contributed by atoms with Gasteiger partial charge in [-0.15, -0.1) is 0 Å². The summed E-state index contributed by atoms with van der Waals surface area (Å²) in [5.41, 5.74) is 1.06. The Kier molecular flexibility index (Phi) is 8.11. The summed E-state index contributed by atoms with van der Waals surface area (Å²) in [4.78, 5) is 29.8. The Morgan fingerprint density at radius 2 is 1.67 bits per heavy atom. The second-order valence-corrected chi connectivity index (χ2v) is 8.49. The van der Waals surface area contributed by atoms with Crippen LogP contribution in [0.2, 0.25) is 5.02 Å². The Morgan fingerprint density at radius 1 is 1.07 bits per heavy atom. The number of carbonyl (C=O) groups is 2. The highest BCUT2D eigenvalue weighted by Crippen LogP contribution is 2.15. The van der Waals surface area contributed by atoms with Gasteiger partial charge >= 0.3 is 0 Å². The standard InChI is InChI=1S/C21H32ClN3O2/c1-15(2)13-19(21(27)25-11-9-24(4)10-12-25)23-20(26)16(3)14-17-5-7-18(22)8-6-17/h5-8,15-16,19H,9-14H2,1-4H3,(H,23,26)/t16?,19-/m0/s1. The van der Waals surface area contributed by atoms with Crippen LogP contribution < -0.4 is 5.32 Å². The van der Waals surface area contributed by atoms with Crippen LogP contribution in [0, 0.1) is 11.8 Å². The molecule has 1 unspecified atom stereocenters. The third-order valence-corrected chi connectivity index (χ3v) is 5.29. The van der Waals surface area contributed by atoms with E-state index in [1.54, 1.807) is 0 Å². The van der Waals surface area contributed by atoms with Gasteiger partial charge in [0.25, 0.3) is 0 Å². The maximum absolute atomic E-state index is 13.0. The maximum Gasteiger partial charge on any atom is 0.245 e. The summed E-state index contributed by atoms with van der Waals surface area (Å²) in [6.07, 6.45) is 1.28. The van der Waals surface area contributed by atoms with Crippen LogP contribution in [0.3, 0.4) is 0 Å². The van der Waals surface area contributed by atoms with Crippen molar-refractivity contribution in [3.8, 4) is 0 Å². The van der Waals surface area contributed by atoms with Gasteiger partial charge in [-0.25, -0.2) is 0 Å². The van der Waals surface area contributed by atoms with E-state index in [1.807, 2.05) is 36.1 Å². The average molecular weight is 394 g/mol. The molecule has 1 aliphatic heterocycles. The van der Waals surface area contributed by atoms with Crippen molar-refractivity contribution in [1.29, 1.82) is 0 Å². The predicted octanol–water partition coefficient (Wildman–Crippen LogP) is 2.82. The van der Waals surface area contributed by atoms with E-state index in [9.17, 15) is 9.59 Å². The molecule has 0 saturated carbocycles. The molecule has 0 radical (unpaired) electrons. The number of amides is 2. The minimum Gasteiger partial charge on any atom is -0.344 e. The summed E-state index contributed by atoms with van der Waals surface area (Å²) in [6.45, 7) is 9.25. The number of hydrogen-bond donors (Lipinski definition) is 1. The van der Waals surface area contributed by atoms with E-state index in [0.717, 1.165) is 31.7 Å². The van der Waals surface area contributed by atoms with Crippen LogP contribution in [-0.4, -0.2) is 60.9 Å². The fourth-order valence-corrected chi connectivity index (χ4v) is 3.45. The van der Waals surface area contributed by atoms with Crippen molar-refractivity contribution in [3.63, 3.8) is 0 Å². The second kappa shape index (κ2) is 10.1. The number of nitrogens with one attached hydrogen (secondary N) is 1. The van der Waals surface area contributed by atoms with Gasteiger partial charge in [0.15, 0.2) is 0 Å². The summed E-state index contributed by atoms with van der Waals surface area (Å²) in [5.74, 6) is 0.0985. The van der Waals surface area contributed by atoms with Crippen molar-refractivity contribution in [3.05, 3.63) is 34.9 Å². The molecule has 27 heavy (non-hydrogen) atoms. The zero-order chi connectivity index (χ0) is 20.0. The Morgan fingerprint density at radius 3 is 2.22 bits per heavy atom. The Bertz CT molecular complexity index is 625. The molecule has 1 aliphatic rings. The fraction of sp³-hybridized carbons (Fsp3) is 0.619. The minimum absolute atomic E-state index is 0.0452. The van der Waals surface area contributed by atoms with Gasteiger partial charge < -0.3 is 15.1 Å². The summed E-state index contributed by atoms with van der Waals surface area (Å²) < 4.78 is 0. The molecule has 0 aromatic heterocycles. The predicted molar refractivity (Wildman–Crippen MR) is 110 cm³/mol. The molecule has 2 amide bonds. The van der Waals surface area contributed by atoms with Gasteiger partial charge in [0.1, 0.15) is 6.04 Å². The van der Waals surface area contributed by atoms with Gasteiger partial charge in [-0.05, 0) is 43.5 Å². The van der Waals surface area contributed by atoms with Crippen molar-refractivity contribution in [2.24, 2.45) is 11.8 Å². The van der Waals surface area contributed by atoms with Crippen LogP contribution in [-0.2, 0) is 16.0 Å². The molecular weight excluding hydrogens is 362 g/mol. The van der Waals surface area contributed by atoms with Crippen LogP contribution in [0.15, 0.2) is 24.3 Å². The zero-order valence-corrected chi connectivity index (χ0v) is 17.6. The molecule has 2 atom stereocenters. The number of piperazine rings is 1. The van der Waals surface area contributed by atoms with Gasteiger partial charge in [-0.2, -0.15) is 0 Å². The lowest BCUT2D eigenvalue weighted by atomic mass is 9.98. The molecule has 0 spiro atoms. The van der Waals surface area contributed by atoms with E-state index in [-0.39, 0.29) is 17.7 Å². The number of nitrogens with zero attached hydrogens (tertiary/aromatic N) is 2. The van der Waals surface area contributed by atoms with E-state index in [1.165, 1.54) is 0 Å². The minimum atomic E-state index is -0.450. The normalized spacial score (nSPS) is 17.6. The van der Waals surface area contributed by atoms with Gasteiger partial charge in [0.05, 0.1) is 0 Å². The maximum atomic E-state index is 13.0. The Balaban J connectivity index is 1.97. The molecule has 1 aromatic rings. The van der Waals surface area contributed by atoms with Crippen molar-refractivity contribution in [1.82, 2.24) is 15.1 Å². The van der Waals surface area contributed by atoms with Crippen molar-refractivity contribution in [2.75, 3.05) is 33.2 Å². The fourth-order valence-electron chi connectivity index (χ4n) is 3.32. The highest BCUT2D eigenvalue weighted by molar-refractivity contribution is 6.30. The van der Waals surface area contributed by atoms with Crippen LogP contribution in [0.1, 0.15) is 32.8 Å². The molecule has 0 aliphatic carbocycles. The molecule has 1 N–H and O–H groups in total. The van der Waals surface area contributed by atoms with Gasteiger partial charge in [-0.3, -0.25) is 9.59 Å². The zero-order valence-electron chi connectivity index (χ0n) is 16.9. The number of rotatable bonds is 7. The molecule has 1 fully saturated rings. The SMILES string of the molecule is CC(C)C[C@H](NC(=O)C(C)Cc1ccc(Cl)cc1)C(=O)N1CCN(C)CC1. The summed E-state index contributed by atoms with van der Waals surface area (Å²) in [5, 5.41) is 3.70. The Labute approximate surface area is 168 Å². The first-order valence-electron chi connectivity index (χ1n) is 9.78. The smallest absolute Gasteiger partial charge is 0.245 e. The largest absolute Gasteiger partial charge is 0.344 e. The van der Waals surface area contributed by atoms with Gasteiger partial charge in [0.2, 0.25) is 11.8 Å². The summed E-state index contributed by atoms with van der Waals surface area (Å²) in [6, 6.07) is 7.09. The van der Waals surface area contributed by atoms with Crippen LogP contribution in [0.4, 0.5) is 0 Å². The third kappa shape index (κ3) is 6.82. The molecule has 0 bridgehead atoms. The lowest BCUT2D eigenvalue weighted by molar-refractivity contribution is -0.139. The molecule has 5 nitrogen and oxygen atoms in total. The van der Waals surface area contributed by atoms with Crippen LogP contribution >= 0.6 is 11.6 Å². The lowest BCUT2D eigenvalue weighted by Gasteiger charge is -2.35. The first-order chi connectivity index (χ1) is 12.8. The van der Waals surface area contributed by atoms with Gasteiger partial charge in [-0.1, -0.05) is 44.5 Å². The van der Waals surface area contributed by atoms with Crippen molar-refractivity contribution in [2.45, 2.75) is 39.7 Å². The number of likely N-dealkylation sites (N-methyl/N-ethyl adjacent to an activating group) is 1. The van der Waals surface area contributed by atoms with Gasteiger partial charge in [0, 0.05) is 37.1 Å². The summed E-state index contributed by atoms with van der Waals surface area (Å²) >= 11 is 5.92. The first-order valence-corrected chi connectivity index (χ1v) is 10.2. The quantitative estimate of drug-likeness (QED) is 0.775. The molecule has 2 rings (SSSR count). The van der Waals surface area contributed by atoms with Crippen molar-refractivity contribution >= 4 is 23.4 Å². The monoisotopic (exact) mass is 393 g/mol. The molecule has 1 saturated heterocycles. The lowest BCUT2D eigenvalue weighted by Crippen LogP contribution is -2.55. The van der Waals surface area contributed by atoms with Crippen LogP contribution in [0.25, 0.3) is 0 Å². The highest BCUT2D eigenvalue weighted by Gasteiger charge is 2.29. The van der Waals surface area contributed by atoms with E-state index in [4.69, 9.17) is 11.6 Å². The molecule has 1 heterocycles. The third-order valence-electron chi connectivity index (χ3n) is 5.04. The number of carbonyl (C=O) groups excluding carboxylic acids is 2. The van der Waals surface area contributed by atoms with E-state index in [0.29, 0.717) is 23.8 Å². The highest BCUT2D eigenvalue weighted by atomic mass is 35.5. The Hall–Kier alpha value is -1.59. The van der Waals surface area contributed by atoms with Crippen molar-refractivity contribution < 1.29 is 9.59 Å². The number of benzene rings is 1. The second-order valence-electron chi connectivity index (χ2n) is 8.05. The molecule has 6 heteroatoms. The molecule has 150 valence electrons. The molecular formula is C21H32ClN3O2. The topological polar surface area (TPSA) is 52.7 Å². The summed E-state index contributed by atoms with van der Waals surface area (Å²) in [7, 11) is 2.06. The van der Waals surface area contributed by atoms with E-state index < -0.39 is 6.04 Å². The number of halogens is 1. The first kappa shape index (κ1) is 21.7. The number of hydrogen-bond acceptors (Lipinski definition) is 3. The molecule has 1 aromatic carbocycles. The van der Waals surface area contributed by atoms with Crippen LogP contribution in [0.5, 0.6) is 0 Å². The van der Waals surface area contributed by atoms with E-state index in [2.05, 4.69) is 31.1 Å². The van der Waals surface area contributed by atoms with E-state index >= 15 is 0 Å². The average Bonchev–Trinajstić information content (AvgIpc) is 2.62.